The van der Waals surface area contributed by atoms with Gasteiger partial charge < -0.3 is 20.1 Å². The number of nitrogens with two attached hydrogens (primary N) is 1. The van der Waals surface area contributed by atoms with Crippen LogP contribution in [0.25, 0.3) is 0 Å². The smallest absolute Gasteiger partial charge is 0.223 e. The van der Waals surface area contributed by atoms with Crippen LogP contribution >= 0.6 is 0 Å². The van der Waals surface area contributed by atoms with E-state index in [1.165, 1.54) is 0 Å². The highest BCUT2D eigenvalue weighted by Gasteiger charge is 2.32. The predicted octanol–water partition coefficient (Wildman–Crippen LogP) is 2.14. The van der Waals surface area contributed by atoms with E-state index in [1.807, 2.05) is 17.0 Å². The van der Waals surface area contributed by atoms with E-state index in [-0.39, 0.29) is 12.7 Å². The van der Waals surface area contributed by atoms with E-state index in [9.17, 15) is 4.79 Å². The molecule has 0 saturated carbocycles. The third kappa shape index (κ3) is 2.83. The topological polar surface area (TPSA) is 64.8 Å². The van der Waals surface area contributed by atoms with Crippen LogP contribution < -0.4 is 10.5 Å². The highest BCUT2D eigenvalue weighted by atomic mass is 16.7. The summed E-state index contributed by atoms with van der Waals surface area (Å²) in [5.41, 5.74) is 8.58. The van der Waals surface area contributed by atoms with Crippen molar-refractivity contribution in [3.63, 3.8) is 0 Å². The Kier molecular flexibility index (Phi) is 3.76. The number of anilines is 1. The molecule has 3 rings (SSSR count). The predicted molar refractivity (Wildman–Crippen MR) is 79.5 cm³/mol. The molecule has 1 aromatic carbocycles. The van der Waals surface area contributed by atoms with Crippen molar-refractivity contribution in [3.05, 3.63) is 23.3 Å². The van der Waals surface area contributed by atoms with Crippen molar-refractivity contribution in [2.45, 2.75) is 33.4 Å². The number of carbonyl (C=O) groups is 1. The van der Waals surface area contributed by atoms with Gasteiger partial charge in [-0.1, -0.05) is 13.8 Å². The highest BCUT2D eigenvalue weighted by molar-refractivity contribution is 5.78. The van der Waals surface area contributed by atoms with Crippen LogP contribution in [0.5, 0.6) is 5.75 Å². The van der Waals surface area contributed by atoms with Crippen LogP contribution in [0.3, 0.4) is 0 Å². The number of amides is 1. The van der Waals surface area contributed by atoms with Gasteiger partial charge in [0.1, 0.15) is 5.75 Å². The van der Waals surface area contributed by atoms with Gasteiger partial charge in [-0.2, -0.15) is 0 Å². The molecule has 0 aromatic heterocycles. The van der Waals surface area contributed by atoms with E-state index in [0.29, 0.717) is 37.1 Å². The van der Waals surface area contributed by atoms with Gasteiger partial charge in [-0.25, -0.2) is 0 Å². The van der Waals surface area contributed by atoms with Crippen LogP contribution in [0, 0.1) is 11.8 Å². The first-order valence-electron chi connectivity index (χ1n) is 7.44. The maximum absolute atomic E-state index is 12.2. The summed E-state index contributed by atoms with van der Waals surface area (Å²) in [6.07, 6.45) is 0.645. The summed E-state index contributed by atoms with van der Waals surface area (Å²) in [5, 5.41) is 0. The fourth-order valence-corrected chi connectivity index (χ4v) is 3.05. The highest BCUT2D eigenvalue weighted by Crippen LogP contribution is 2.33. The summed E-state index contributed by atoms with van der Waals surface area (Å²) in [6, 6.07) is 3.78. The van der Waals surface area contributed by atoms with Crippen LogP contribution in [0.4, 0.5) is 5.69 Å². The SMILES string of the molecule is CC(C)C1CC(=O)N(Cc2cc(N)cc3c2OCOC3)C1. The van der Waals surface area contributed by atoms with Gasteiger partial charge >= 0.3 is 0 Å². The molecule has 1 unspecified atom stereocenters. The van der Waals surface area contributed by atoms with Crippen molar-refractivity contribution in [1.82, 2.24) is 4.90 Å². The molecule has 21 heavy (non-hydrogen) atoms. The number of fused-ring (bicyclic) bond motifs is 1. The molecule has 0 bridgehead atoms. The van der Waals surface area contributed by atoms with Crippen LogP contribution in [0.2, 0.25) is 0 Å². The molecule has 2 N–H and O–H groups in total. The third-order valence-corrected chi connectivity index (χ3v) is 4.36. The van der Waals surface area contributed by atoms with E-state index < -0.39 is 0 Å². The maximum atomic E-state index is 12.2. The third-order valence-electron chi connectivity index (χ3n) is 4.36. The molecule has 114 valence electrons. The molecule has 1 fully saturated rings. The molecule has 5 nitrogen and oxygen atoms in total. The first-order chi connectivity index (χ1) is 10.0. The zero-order valence-electron chi connectivity index (χ0n) is 12.6. The summed E-state index contributed by atoms with van der Waals surface area (Å²) in [5.74, 6) is 2.02. The molecule has 0 radical (unpaired) electrons. The van der Waals surface area contributed by atoms with Crippen molar-refractivity contribution < 1.29 is 14.3 Å². The van der Waals surface area contributed by atoms with Crippen molar-refractivity contribution in [2.24, 2.45) is 11.8 Å². The number of likely N-dealkylation sites (tertiary alicyclic amines) is 1. The van der Waals surface area contributed by atoms with E-state index in [1.54, 1.807) is 0 Å². The Balaban J connectivity index is 1.82. The van der Waals surface area contributed by atoms with Gasteiger partial charge in [-0.05, 0) is 24.0 Å². The summed E-state index contributed by atoms with van der Waals surface area (Å²) in [4.78, 5) is 14.1. The van der Waals surface area contributed by atoms with Crippen LogP contribution in [0.1, 0.15) is 31.4 Å². The van der Waals surface area contributed by atoms with Gasteiger partial charge in [0, 0.05) is 36.3 Å². The number of nitrogen functional groups attached to an aromatic ring is 1. The lowest BCUT2D eigenvalue weighted by Gasteiger charge is -2.24. The molecule has 2 aliphatic heterocycles. The molecule has 1 amide bonds. The fourth-order valence-electron chi connectivity index (χ4n) is 3.05. The first-order valence-corrected chi connectivity index (χ1v) is 7.44. The van der Waals surface area contributed by atoms with E-state index in [4.69, 9.17) is 15.2 Å². The van der Waals surface area contributed by atoms with Crippen molar-refractivity contribution in [3.8, 4) is 5.75 Å². The molecule has 2 aliphatic rings. The van der Waals surface area contributed by atoms with Crippen molar-refractivity contribution in [2.75, 3.05) is 19.1 Å². The Morgan fingerprint density at radius 3 is 2.95 bits per heavy atom. The Bertz CT molecular complexity index is 557. The molecule has 5 heteroatoms. The summed E-state index contributed by atoms with van der Waals surface area (Å²) >= 11 is 0. The minimum Gasteiger partial charge on any atom is -0.467 e. The molecule has 2 heterocycles. The number of carbonyl (C=O) groups excluding carboxylic acids is 1. The van der Waals surface area contributed by atoms with Gasteiger partial charge in [-0.15, -0.1) is 0 Å². The molecule has 1 aromatic rings. The Labute approximate surface area is 125 Å². The van der Waals surface area contributed by atoms with Crippen LogP contribution in [0.15, 0.2) is 12.1 Å². The number of nitrogens with zero attached hydrogens (tertiary/aromatic N) is 1. The number of ether oxygens (including phenoxy) is 2. The number of rotatable bonds is 3. The molecule has 0 spiro atoms. The second-order valence-corrected chi connectivity index (χ2v) is 6.26. The second kappa shape index (κ2) is 5.56. The fraction of sp³-hybridized carbons (Fsp3) is 0.562. The van der Waals surface area contributed by atoms with E-state index >= 15 is 0 Å². The number of hydrogen-bond acceptors (Lipinski definition) is 4. The Morgan fingerprint density at radius 1 is 1.43 bits per heavy atom. The quantitative estimate of drug-likeness (QED) is 0.866. The summed E-state index contributed by atoms with van der Waals surface area (Å²) < 4.78 is 10.9. The van der Waals surface area contributed by atoms with Crippen molar-refractivity contribution >= 4 is 11.6 Å². The van der Waals surface area contributed by atoms with Gasteiger partial charge in [-0.3, -0.25) is 4.79 Å². The normalized spacial score (nSPS) is 21.6. The minimum atomic E-state index is 0.219. The van der Waals surface area contributed by atoms with Crippen LogP contribution in [-0.4, -0.2) is 24.1 Å². The molecular formula is C16H22N2O3. The number of benzene rings is 1. The Hall–Kier alpha value is -1.75. The van der Waals surface area contributed by atoms with E-state index in [2.05, 4.69) is 13.8 Å². The lowest BCUT2D eigenvalue weighted by molar-refractivity contribution is -0.128. The average Bonchev–Trinajstić information content (AvgIpc) is 2.80. The zero-order chi connectivity index (χ0) is 15.0. The molecule has 1 saturated heterocycles. The van der Waals surface area contributed by atoms with Crippen LogP contribution in [-0.2, 0) is 22.7 Å². The van der Waals surface area contributed by atoms with Gasteiger partial charge in [0.15, 0.2) is 6.79 Å². The van der Waals surface area contributed by atoms with Gasteiger partial charge in [0.2, 0.25) is 5.91 Å². The summed E-state index contributed by atoms with van der Waals surface area (Å²) in [6.45, 7) is 6.49. The lowest BCUT2D eigenvalue weighted by atomic mass is 9.95. The second-order valence-electron chi connectivity index (χ2n) is 6.26. The largest absolute Gasteiger partial charge is 0.467 e. The maximum Gasteiger partial charge on any atom is 0.223 e. The molecular weight excluding hydrogens is 268 g/mol. The summed E-state index contributed by atoms with van der Waals surface area (Å²) in [7, 11) is 0. The average molecular weight is 290 g/mol. The zero-order valence-corrected chi connectivity index (χ0v) is 12.6. The Morgan fingerprint density at radius 2 is 2.24 bits per heavy atom. The van der Waals surface area contributed by atoms with Gasteiger partial charge in [0.25, 0.3) is 0 Å². The lowest BCUT2D eigenvalue weighted by Crippen LogP contribution is -2.26. The number of hydrogen-bond donors (Lipinski definition) is 1. The van der Waals surface area contributed by atoms with E-state index in [0.717, 1.165) is 23.4 Å². The monoisotopic (exact) mass is 290 g/mol. The standard InChI is InChI=1S/C16H22N2O3/c1-10(2)11-5-15(19)18(6-11)7-12-3-14(17)4-13-8-20-9-21-16(12)13/h3-4,10-11H,5-9,17H2,1-2H3. The van der Waals surface area contributed by atoms with Gasteiger partial charge in [0.05, 0.1) is 6.61 Å². The first kappa shape index (κ1) is 14.2. The molecule has 1 atom stereocenters. The minimum absolute atomic E-state index is 0.219. The molecule has 0 aliphatic carbocycles. The van der Waals surface area contributed by atoms with Crippen molar-refractivity contribution in [1.29, 1.82) is 0 Å².